The van der Waals surface area contributed by atoms with Crippen molar-refractivity contribution in [3.05, 3.63) is 70.8 Å². The summed E-state index contributed by atoms with van der Waals surface area (Å²) in [5.41, 5.74) is 3.74. The van der Waals surface area contributed by atoms with Gasteiger partial charge in [0.2, 0.25) is 0 Å². The summed E-state index contributed by atoms with van der Waals surface area (Å²) in [5, 5.41) is 9.53. The largest absolute Gasteiger partial charge is 0.481 e. The van der Waals surface area contributed by atoms with Crippen molar-refractivity contribution in [2.75, 3.05) is 0 Å². The van der Waals surface area contributed by atoms with Crippen LogP contribution in [-0.2, 0) is 4.79 Å². The molecule has 0 aromatic heterocycles. The second-order valence-electron chi connectivity index (χ2n) is 4.48. The van der Waals surface area contributed by atoms with E-state index < -0.39 is 11.9 Å². The smallest absolute Gasteiger partial charge is 0.315 e. The summed E-state index contributed by atoms with van der Waals surface area (Å²) in [4.78, 5) is 11.6. The van der Waals surface area contributed by atoms with Crippen molar-refractivity contribution in [2.45, 2.75) is 19.8 Å². The number of hydrogen-bond acceptors (Lipinski definition) is 1. The van der Waals surface area contributed by atoms with Gasteiger partial charge in [-0.3, -0.25) is 4.79 Å². The van der Waals surface area contributed by atoms with Gasteiger partial charge in [-0.25, -0.2) is 0 Å². The molecule has 0 fully saturated rings. The van der Waals surface area contributed by atoms with Crippen LogP contribution in [0.5, 0.6) is 0 Å². The Morgan fingerprint density at radius 2 is 1.28 bits per heavy atom. The van der Waals surface area contributed by atoms with Crippen LogP contribution in [-0.4, -0.2) is 11.1 Å². The first-order valence-corrected chi connectivity index (χ1v) is 5.95. The SMILES string of the molecule is Cc1ccccc1C(C(=O)O)c1ccccc1C. The van der Waals surface area contributed by atoms with E-state index in [4.69, 9.17) is 0 Å². The lowest BCUT2D eigenvalue weighted by molar-refractivity contribution is -0.137. The molecule has 2 nitrogen and oxygen atoms in total. The quantitative estimate of drug-likeness (QED) is 0.891. The Hall–Kier alpha value is -2.09. The molecule has 0 aliphatic heterocycles. The van der Waals surface area contributed by atoms with Crippen LogP contribution in [0.1, 0.15) is 28.2 Å². The molecule has 2 aromatic rings. The predicted molar refractivity (Wildman–Crippen MR) is 71.8 cm³/mol. The molecule has 0 atom stereocenters. The van der Waals surface area contributed by atoms with E-state index in [1.165, 1.54) is 0 Å². The molecule has 2 aromatic carbocycles. The van der Waals surface area contributed by atoms with Crippen molar-refractivity contribution >= 4 is 5.97 Å². The summed E-state index contributed by atoms with van der Waals surface area (Å²) < 4.78 is 0. The molecule has 92 valence electrons. The first kappa shape index (κ1) is 12.4. The van der Waals surface area contributed by atoms with Gasteiger partial charge in [0.25, 0.3) is 0 Å². The van der Waals surface area contributed by atoms with E-state index in [-0.39, 0.29) is 0 Å². The fraction of sp³-hybridized carbons (Fsp3) is 0.188. The van der Waals surface area contributed by atoms with E-state index in [1.807, 2.05) is 62.4 Å². The minimum Gasteiger partial charge on any atom is -0.481 e. The number of rotatable bonds is 3. The molecule has 18 heavy (non-hydrogen) atoms. The van der Waals surface area contributed by atoms with Crippen molar-refractivity contribution in [3.8, 4) is 0 Å². The Bertz CT molecular complexity index is 527. The van der Waals surface area contributed by atoms with Crippen molar-refractivity contribution in [1.82, 2.24) is 0 Å². The van der Waals surface area contributed by atoms with Gasteiger partial charge in [-0.2, -0.15) is 0 Å². The van der Waals surface area contributed by atoms with Gasteiger partial charge in [0.15, 0.2) is 0 Å². The Morgan fingerprint density at radius 3 is 1.61 bits per heavy atom. The van der Waals surface area contributed by atoms with Crippen LogP contribution in [0.15, 0.2) is 48.5 Å². The average molecular weight is 240 g/mol. The van der Waals surface area contributed by atoms with Crippen molar-refractivity contribution in [2.24, 2.45) is 0 Å². The second-order valence-corrected chi connectivity index (χ2v) is 4.48. The third kappa shape index (κ3) is 2.28. The van der Waals surface area contributed by atoms with Crippen molar-refractivity contribution < 1.29 is 9.90 Å². The van der Waals surface area contributed by atoms with Gasteiger partial charge < -0.3 is 5.11 Å². The molecule has 0 aliphatic carbocycles. The summed E-state index contributed by atoms with van der Waals surface area (Å²) >= 11 is 0. The van der Waals surface area contributed by atoms with Gasteiger partial charge in [0.1, 0.15) is 5.92 Å². The number of carboxylic acids is 1. The van der Waals surface area contributed by atoms with Crippen LogP contribution in [0, 0.1) is 13.8 Å². The maximum atomic E-state index is 11.6. The normalized spacial score (nSPS) is 10.6. The molecule has 1 N–H and O–H groups in total. The lowest BCUT2D eigenvalue weighted by Crippen LogP contribution is -2.15. The Labute approximate surface area is 107 Å². The second kappa shape index (κ2) is 5.05. The zero-order valence-corrected chi connectivity index (χ0v) is 10.6. The number of carboxylic acid groups (broad SMARTS) is 1. The highest BCUT2D eigenvalue weighted by molar-refractivity contribution is 5.81. The van der Waals surface area contributed by atoms with Crippen LogP contribution < -0.4 is 0 Å². The van der Waals surface area contributed by atoms with E-state index in [9.17, 15) is 9.90 Å². The highest BCUT2D eigenvalue weighted by Crippen LogP contribution is 2.29. The third-order valence-electron chi connectivity index (χ3n) is 3.25. The van der Waals surface area contributed by atoms with Crippen LogP contribution in [0.2, 0.25) is 0 Å². The number of carbonyl (C=O) groups is 1. The van der Waals surface area contributed by atoms with Gasteiger partial charge in [0.05, 0.1) is 0 Å². The summed E-state index contributed by atoms with van der Waals surface area (Å²) in [7, 11) is 0. The number of aryl methyl sites for hydroxylation is 2. The molecule has 0 aliphatic rings. The fourth-order valence-electron chi connectivity index (χ4n) is 2.25. The molecule has 0 bridgehead atoms. The molecular weight excluding hydrogens is 224 g/mol. The van der Waals surface area contributed by atoms with Crippen LogP contribution >= 0.6 is 0 Å². The Kier molecular flexibility index (Phi) is 3.47. The van der Waals surface area contributed by atoms with Gasteiger partial charge >= 0.3 is 5.97 Å². The van der Waals surface area contributed by atoms with Gasteiger partial charge in [-0.15, -0.1) is 0 Å². The molecular formula is C16H16O2. The molecule has 0 radical (unpaired) electrons. The van der Waals surface area contributed by atoms with Gasteiger partial charge in [-0.1, -0.05) is 48.5 Å². The Balaban J connectivity index is 2.58. The number of hydrogen-bond donors (Lipinski definition) is 1. The van der Waals surface area contributed by atoms with Gasteiger partial charge in [-0.05, 0) is 36.1 Å². The maximum absolute atomic E-state index is 11.6. The topological polar surface area (TPSA) is 37.3 Å². The maximum Gasteiger partial charge on any atom is 0.315 e. The fourth-order valence-corrected chi connectivity index (χ4v) is 2.25. The number of benzene rings is 2. The monoisotopic (exact) mass is 240 g/mol. The lowest BCUT2D eigenvalue weighted by atomic mass is 9.86. The van der Waals surface area contributed by atoms with Crippen molar-refractivity contribution in [1.29, 1.82) is 0 Å². The molecule has 2 heteroatoms. The summed E-state index contributed by atoms with van der Waals surface area (Å²) in [6.45, 7) is 3.90. The summed E-state index contributed by atoms with van der Waals surface area (Å²) in [5.74, 6) is -1.40. The predicted octanol–water partition coefficient (Wildman–Crippen LogP) is 3.52. The third-order valence-corrected chi connectivity index (χ3v) is 3.25. The number of aliphatic carboxylic acids is 1. The van der Waals surface area contributed by atoms with Crippen LogP contribution in [0.4, 0.5) is 0 Å². The molecule has 0 spiro atoms. The lowest BCUT2D eigenvalue weighted by Gasteiger charge is -2.17. The van der Waals surface area contributed by atoms with E-state index >= 15 is 0 Å². The van der Waals surface area contributed by atoms with E-state index in [1.54, 1.807) is 0 Å². The highest BCUT2D eigenvalue weighted by atomic mass is 16.4. The van der Waals surface area contributed by atoms with Crippen molar-refractivity contribution in [3.63, 3.8) is 0 Å². The summed E-state index contributed by atoms with van der Waals surface area (Å²) in [6, 6.07) is 15.3. The zero-order chi connectivity index (χ0) is 13.1. The van der Waals surface area contributed by atoms with E-state index in [0.29, 0.717) is 0 Å². The minimum atomic E-state index is -0.807. The molecule has 0 amide bonds. The standard InChI is InChI=1S/C16H16O2/c1-11-7-3-5-9-13(11)15(16(17)18)14-10-6-4-8-12(14)2/h3-10,15H,1-2H3,(H,17,18). The van der Waals surface area contributed by atoms with Crippen LogP contribution in [0.25, 0.3) is 0 Å². The molecule has 2 rings (SSSR count). The molecule has 0 saturated carbocycles. The average Bonchev–Trinajstić information content (AvgIpc) is 2.34. The molecule has 0 heterocycles. The molecule has 0 unspecified atom stereocenters. The van der Waals surface area contributed by atoms with E-state index in [0.717, 1.165) is 22.3 Å². The first-order chi connectivity index (χ1) is 8.61. The summed E-state index contributed by atoms with van der Waals surface area (Å²) in [6.07, 6.45) is 0. The zero-order valence-electron chi connectivity index (χ0n) is 10.6. The highest BCUT2D eigenvalue weighted by Gasteiger charge is 2.24. The Morgan fingerprint density at radius 1 is 0.889 bits per heavy atom. The molecule has 0 saturated heterocycles. The van der Waals surface area contributed by atoms with Gasteiger partial charge in [0, 0.05) is 0 Å². The van der Waals surface area contributed by atoms with E-state index in [2.05, 4.69) is 0 Å². The minimum absolute atomic E-state index is 0.590. The first-order valence-electron chi connectivity index (χ1n) is 5.95. The van der Waals surface area contributed by atoms with Crippen LogP contribution in [0.3, 0.4) is 0 Å².